The highest BCUT2D eigenvalue weighted by molar-refractivity contribution is 6.30. The van der Waals surface area contributed by atoms with Crippen molar-refractivity contribution in [2.45, 2.75) is 64.3 Å². The summed E-state index contributed by atoms with van der Waals surface area (Å²) in [6, 6.07) is 8.52. The molecule has 1 aromatic carbocycles. The Bertz CT molecular complexity index is 422. The van der Waals surface area contributed by atoms with Gasteiger partial charge in [-0.1, -0.05) is 30.7 Å². The Hall–Kier alpha value is -0.530. The van der Waals surface area contributed by atoms with E-state index in [0.717, 1.165) is 17.5 Å². The molecular formula is C18H28ClN. The highest BCUT2D eigenvalue weighted by Crippen LogP contribution is 2.41. The van der Waals surface area contributed by atoms with Gasteiger partial charge in [0.25, 0.3) is 0 Å². The Balaban J connectivity index is 2.22. The van der Waals surface area contributed by atoms with Gasteiger partial charge in [0.15, 0.2) is 0 Å². The fourth-order valence-corrected chi connectivity index (χ4v) is 3.25. The quantitative estimate of drug-likeness (QED) is 0.810. The van der Waals surface area contributed by atoms with Crippen molar-refractivity contribution in [2.24, 2.45) is 5.92 Å². The lowest BCUT2D eigenvalue weighted by molar-refractivity contribution is 0.217. The van der Waals surface area contributed by atoms with Crippen LogP contribution in [0.3, 0.4) is 0 Å². The van der Waals surface area contributed by atoms with Crippen molar-refractivity contribution in [1.29, 1.82) is 0 Å². The third kappa shape index (κ3) is 3.99. The second-order valence-corrected chi connectivity index (χ2v) is 8.01. The van der Waals surface area contributed by atoms with Crippen LogP contribution < -0.4 is 5.32 Å². The van der Waals surface area contributed by atoms with Gasteiger partial charge in [-0.3, -0.25) is 0 Å². The van der Waals surface area contributed by atoms with Crippen molar-refractivity contribution in [1.82, 2.24) is 5.32 Å². The highest BCUT2D eigenvalue weighted by atomic mass is 35.5. The van der Waals surface area contributed by atoms with E-state index in [1.54, 1.807) is 0 Å². The third-order valence-electron chi connectivity index (χ3n) is 4.65. The normalized spacial score (nSPS) is 27.6. The van der Waals surface area contributed by atoms with E-state index in [1.807, 2.05) is 12.1 Å². The van der Waals surface area contributed by atoms with Crippen LogP contribution in [0.4, 0.5) is 0 Å². The smallest absolute Gasteiger partial charge is 0.0406 e. The summed E-state index contributed by atoms with van der Waals surface area (Å²) in [6.07, 6.45) is 5.21. The second-order valence-electron chi connectivity index (χ2n) is 7.57. The summed E-state index contributed by atoms with van der Waals surface area (Å²) in [6.45, 7) is 10.2. The maximum Gasteiger partial charge on any atom is 0.0406 e. The summed E-state index contributed by atoms with van der Waals surface area (Å²) < 4.78 is 0. The van der Waals surface area contributed by atoms with E-state index in [-0.39, 0.29) is 11.0 Å². The molecular weight excluding hydrogens is 266 g/mol. The van der Waals surface area contributed by atoms with Crippen molar-refractivity contribution in [3.63, 3.8) is 0 Å². The molecule has 112 valence electrons. The first-order valence-electron chi connectivity index (χ1n) is 7.82. The van der Waals surface area contributed by atoms with E-state index in [0.29, 0.717) is 0 Å². The number of halogens is 1. The fraction of sp³-hybridized carbons (Fsp3) is 0.667. The number of nitrogens with one attached hydrogen (secondary N) is 1. The second kappa shape index (κ2) is 6.07. The molecule has 1 saturated carbocycles. The minimum atomic E-state index is 0.169. The number of benzene rings is 1. The van der Waals surface area contributed by atoms with E-state index in [1.165, 1.54) is 31.2 Å². The third-order valence-corrected chi connectivity index (χ3v) is 4.90. The monoisotopic (exact) mass is 293 g/mol. The van der Waals surface area contributed by atoms with Gasteiger partial charge < -0.3 is 5.32 Å². The molecule has 0 heterocycles. The van der Waals surface area contributed by atoms with Crippen LogP contribution in [0.5, 0.6) is 0 Å². The maximum absolute atomic E-state index is 6.05. The van der Waals surface area contributed by atoms with E-state index in [9.17, 15) is 0 Å². The Labute approximate surface area is 129 Å². The van der Waals surface area contributed by atoms with E-state index in [4.69, 9.17) is 11.6 Å². The summed E-state index contributed by atoms with van der Waals surface area (Å²) in [7, 11) is 0. The topological polar surface area (TPSA) is 12.0 Å². The average Bonchev–Trinajstić information content (AvgIpc) is 2.39. The Morgan fingerprint density at radius 3 is 2.20 bits per heavy atom. The SMILES string of the molecule is CC1CCC(CNC(C)(C)C)(c2ccc(Cl)cc2)CC1. The van der Waals surface area contributed by atoms with Crippen LogP contribution in [-0.2, 0) is 5.41 Å². The summed E-state index contributed by atoms with van der Waals surface area (Å²) in [5.41, 5.74) is 1.90. The van der Waals surface area contributed by atoms with Crippen LogP contribution in [0.1, 0.15) is 58.9 Å². The molecule has 0 amide bonds. The molecule has 1 aromatic rings. The van der Waals surface area contributed by atoms with Crippen molar-refractivity contribution in [3.8, 4) is 0 Å². The minimum Gasteiger partial charge on any atom is -0.311 e. The molecule has 0 unspecified atom stereocenters. The lowest BCUT2D eigenvalue weighted by Crippen LogP contribution is -2.47. The van der Waals surface area contributed by atoms with Gasteiger partial charge in [-0.15, -0.1) is 0 Å². The Kier molecular flexibility index (Phi) is 4.81. The van der Waals surface area contributed by atoms with Crippen LogP contribution in [0, 0.1) is 5.92 Å². The van der Waals surface area contributed by atoms with Gasteiger partial charge in [0, 0.05) is 22.5 Å². The van der Waals surface area contributed by atoms with E-state index < -0.39 is 0 Å². The molecule has 1 nitrogen and oxygen atoms in total. The molecule has 1 fully saturated rings. The molecule has 0 aromatic heterocycles. The average molecular weight is 294 g/mol. The molecule has 2 rings (SSSR count). The minimum absolute atomic E-state index is 0.169. The van der Waals surface area contributed by atoms with E-state index >= 15 is 0 Å². The van der Waals surface area contributed by atoms with Gasteiger partial charge in [-0.2, -0.15) is 0 Å². The predicted octanol–water partition coefficient (Wildman–Crippen LogP) is 5.18. The standard InChI is InChI=1S/C18H28ClN/c1-14-9-11-18(12-10-14,13-20-17(2,3)4)15-5-7-16(19)8-6-15/h5-8,14,20H,9-13H2,1-4H3. The largest absolute Gasteiger partial charge is 0.311 e. The summed E-state index contributed by atoms with van der Waals surface area (Å²) in [4.78, 5) is 0. The van der Waals surface area contributed by atoms with Crippen LogP contribution >= 0.6 is 11.6 Å². The zero-order valence-corrected chi connectivity index (χ0v) is 14.1. The van der Waals surface area contributed by atoms with Crippen molar-refractivity contribution < 1.29 is 0 Å². The molecule has 20 heavy (non-hydrogen) atoms. The first-order valence-corrected chi connectivity index (χ1v) is 8.20. The lowest BCUT2D eigenvalue weighted by atomic mass is 9.66. The van der Waals surface area contributed by atoms with E-state index in [2.05, 4.69) is 45.1 Å². The van der Waals surface area contributed by atoms with Crippen LogP contribution in [0.2, 0.25) is 5.02 Å². The Morgan fingerprint density at radius 2 is 1.70 bits per heavy atom. The summed E-state index contributed by atoms with van der Waals surface area (Å²) in [5.74, 6) is 0.866. The molecule has 0 radical (unpaired) electrons. The van der Waals surface area contributed by atoms with Crippen molar-refractivity contribution >= 4 is 11.6 Å². The fourth-order valence-electron chi connectivity index (χ4n) is 3.12. The van der Waals surface area contributed by atoms with Gasteiger partial charge in [0.2, 0.25) is 0 Å². The number of hydrogen-bond donors (Lipinski definition) is 1. The maximum atomic E-state index is 6.05. The Morgan fingerprint density at radius 1 is 1.15 bits per heavy atom. The van der Waals surface area contributed by atoms with Crippen LogP contribution in [0.25, 0.3) is 0 Å². The summed E-state index contributed by atoms with van der Waals surface area (Å²) >= 11 is 6.05. The molecule has 1 aliphatic carbocycles. The van der Waals surface area contributed by atoms with Gasteiger partial charge in [-0.25, -0.2) is 0 Å². The molecule has 2 heteroatoms. The van der Waals surface area contributed by atoms with Crippen molar-refractivity contribution in [3.05, 3.63) is 34.9 Å². The van der Waals surface area contributed by atoms with Crippen LogP contribution in [-0.4, -0.2) is 12.1 Å². The van der Waals surface area contributed by atoms with Gasteiger partial charge in [0.05, 0.1) is 0 Å². The molecule has 0 bridgehead atoms. The molecule has 0 saturated heterocycles. The van der Waals surface area contributed by atoms with Gasteiger partial charge >= 0.3 is 0 Å². The molecule has 1 aliphatic rings. The molecule has 0 atom stereocenters. The number of rotatable bonds is 3. The zero-order chi connectivity index (χ0) is 14.8. The molecule has 0 spiro atoms. The molecule has 1 N–H and O–H groups in total. The number of hydrogen-bond acceptors (Lipinski definition) is 1. The predicted molar refractivity (Wildman–Crippen MR) is 88.5 cm³/mol. The molecule has 0 aliphatic heterocycles. The highest BCUT2D eigenvalue weighted by Gasteiger charge is 2.36. The van der Waals surface area contributed by atoms with Gasteiger partial charge in [-0.05, 0) is 70.1 Å². The first kappa shape index (κ1) is 15.9. The van der Waals surface area contributed by atoms with Gasteiger partial charge in [0.1, 0.15) is 0 Å². The van der Waals surface area contributed by atoms with Crippen LogP contribution in [0.15, 0.2) is 24.3 Å². The summed E-state index contributed by atoms with van der Waals surface area (Å²) in [5, 5.41) is 4.56. The zero-order valence-electron chi connectivity index (χ0n) is 13.3. The lowest BCUT2D eigenvalue weighted by Gasteiger charge is -2.42. The first-order chi connectivity index (χ1) is 9.31. The van der Waals surface area contributed by atoms with Crippen molar-refractivity contribution in [2.75, 3.05) is 6.54 Å².